The first-order valence-corrected chi connectivity index (χ1v) is 7.11. The topological polar surface area (TPSA) is 61.0 Å². The van der Waals surface area contributed by atoms with Crippen molar-refractivity contribution >= 4 is 16.6 Å². The van der Waals surface area contributed by atoms with Gasteiger partial charge in [-0.3, -0.25) is 10.1 Å². The van der Waals surface area contributed by atoms with E-state index in [1.54, 1.807) is 12.1 Å². The highest BCUT2D eigenvalue weighted by Crippen LogP contribution is 2.30. The zero-order valence-corrected chi connectivity index (χ0v) is 12.8. The fourth-order valence-electron chi connectivity index (χ4n) is 2.53. The molecule has 5 heteroatoms. The van der Waals surface area contributed by atoms with Gasteiger partial charge in [0.1, 0.15) is 0 Å². The van der Waals surface area contributed by atoms with Crippen LogP contribution in [-0.2, 0) is 5.41 Å². The Morgan fingerprint density at radius 1 is 1.05 bits per heavy atom. The smallest absolute Gasteiger partial charge is 0.258 e. The van der Waals surface area contributed by atoms with Gasteiger partial charge in [-0.1, -0.05) is 39.0 Å². The minimum absolute atomic E-state index is 0.0777. The second-order valence-electron chi connectivity index (χ2n) is 6.30. The van der Waals surface area contributed by atoms with Crippen LogP contribution >= 0.6 is 0 Å². The third-order valence-electron chi connectivity index (χ3n) is 3.60. The Morgan fingerprint density at radius 2 is 1.68 bits per heavy atom. The number of benzene rings is 2. The van der Waals surface area contributed by atoms with Gasteiger partial charge in [0.15, 0.2) is 0 Å². The van der Waals surface area contributed by atoms with Crippen molar-refractivity contribution in [3.05, 3.63) is 64.3 Å². The third-order valence-corrected chi connectivity index (χ3v) is 3.60. The van der Waals surface area contributed by atoms with E-state index in [1.165, 1.54) is 12.1 Å². The highest BCUT2D eigenvalue weighted by molar-refractivity contribution is 5.84. The predicted octanol–water partition coefficient (Wildman–Crippen LogP) is 4.23. The number of hydrogen-bond donors (Lipinski definition) is 0. The fourth-order valence-corrected chi connectivity index (χ4v) is 2.53. The first-order chi connectivity index (χ1) is 10.4. The molecular weight excluding hydrogens is 278 g/mol. The maximum absolute atomic E-state index is 10.8. The lowest BCUT2D eigenvalue weighted by Gasteiger charge is -2.15. The van der Waals surface area contributed by atoms with Crippen molar-refractivity contribution in [1.82, 2.24) is 9.78 Å². The summed E-state index contributed by atoms with van der Waals surface area (Å²) >= 11 is 0. The molecule has 0 aliphatic carbocycles. The van der Waals surface area contributed by atoms with Crippen LogP contribution in [0.25, 0.3) is 16.6 Å². The first-order valence-electron chi connectivity index (χ1n) is 7.11. The summed E-state index contributed by atoms with van der Waals surface area (Å²) in [6, 6.07) is 14.5. The quantitative estimate of drug-likeness (QED) is 0.525. The first kappa shape index (κ1) is 14.3. The summed E-state index contributed by atoms with van der Waals surface area (Å²) in [5.74, 6) is 0. The minimum atomic E-state index is -0.397. The summed E-state index contributed by atoms with van der Waals surface area (Å²) in [6.07, 6.45) is 0. The molecule has 1 aromatic heterocycles. The van der Waals surface area contributed by atoms with Crippen LogP contribution < -0.4 is 0 Å². The van der Waals surface area contributed by atoms with Gasteiger partial charge in [-0.15, -0.1) is 0 Å². The maximum atomic E-state index is 10.8. The van der Waals surface area contributed by atoms with Crippen LogP contribution in [0.15, 0.2) is 48.5 Å². The van der Waals surface area contributed by atoms with E-state index < -0.39 is 4.92 Å². The number of nitrogens with zero attached hydrogens (tertiary/aromatic N) is 3. The number of nitro benzene ring substituents is 1. The van der Waals surface area contributed by atoms with Gasteiger partial charge >= 0.3 is 0 Å². The summed E-state index contributed by atoms with van der Waals surface area (Å²) in [5, 5.41) is 16.6. The molecule has 0 saturated heterocycles. The molecule has 5 nitrogen and oxygen atoms in total. The predicted molar refractivity (Wildman–Crippen MR) is 86.4 cm³/mol. The van der Waals surface area contributed by atoms with E-state index >= 15 is 0 Å². The summed E-state index contributed by atoms with van der Waals surface area (Å²) in [4.78, 5) is 10.4. The van der Waals surface area contributed by atoms with E-state index in [2.05, 4.69) is 26.8 Å². The van der Waals surface area contributed by atoms with Gasteiger partial charge in [0.25, 0.3) is 5.69 Å². The minimum Gasteiger partial charge on any atom is -0.258 e. The number of non-ortho nitro benzene ring substituents is 1. The van der Waals surface area contributed by atoms with E-state index in [-0.39, 0.29) is 11.1 Å². The molecule has 0 N–H and O–H groups in total. The molecule has 1 heterocycles. The number of rotatable bonds is 2. The van der Waals surface area contributed by atoms with Crippen molar-refractivity contribution in [3.8, 4) is 5.69 Å². The Kier molecular flexibility index (Phi) is 3.20. The molecule has 22 heavy (non-hydrogen) atoms. The van der Waals surface area contributed by atoms with Gasteiger partial charge in [-0.2, -0.15) is 5.10 Å². The summed E-state index contributed by atoms with van der Waals surface area (Å²) in [5.41, 5.74) is 2.84. The molecule has 0 amide bonds. The van der Waals surface area contributed by atoms with E-state index in [1.807, 2.05) is 22.9 Å². The van der Waals surface area contributed by atoms with Crippen LogP contribution in [0.5, 0.6) is 0 Å². The summed E-state index contributed by atoms with van der Waals surface area (Å²) in [7, 11) is 0. The standard InChI is InChI=1S/C17H17N3O2/c1-17(2,3)16-14-6-4-5-7-15(14)19(18-16)12-8-10-13(11-9-12)20(21)22/h4-11H,1-3H3. The Bertz CT molecular complexity index is 842. The maximum Gasteiger partial charge on any atom is 0.269 e. The van der Waals surface area contributed by atoms with Crippen molar-refractivity contribution in [1.29, 1.82) is 0 Å². The molecule has 3 rings (SSSR count). The van der Waals surface area contributed by atoms with E-state index in [9.17, 15) is 10.1 Å². The molecule has 3 aromatic rings. The zero-order valence-electron chi connectivity index (χ0n) is 12.8. The van der Waals surface area contributed by atoms with Crippen LogP contribution in [0.1, 0.15) is 26.5 Å². The van der Waals surface area contributed by atoms with E-state index in [0.717, 1.165) is 22.3 Å². The SMILES string of the molecule is CC(C)(C)c1nn(-c2ccc([N+](=O)[O-])cc2)c2ccccc12. The number of para-hydroxylation sites is 1. The molecule has 0 aliphatic heterocycles. The van der Waals surface area contributed by atoms with Crippen molar-refractivity contribution in [2.45, 2.75) is 26.2 Å². The second kappa shape index (κ2) is 4.94. The highest BCUT2D eigenvalue weighted by atomic mass is 16.6. The van der Waals surface area contributed by atoms with Crippen LogP contribution in [-0.4, -0.2) is 14.7 Å². The lowest BCUT2D eigenvalue weighted by molar-refractivity contribution is -0.384. The van der Waals surface area contributed by atoms with E-state index in [4.69, 9.17) is 5.10 Å². The number of nitro groups is 1. The molecule has 112 valence electrons. The van der Waals surface area contributed by atoms with Crippen molar-refractivity contribution in [2.24, 2.45) is 0 Å². The Morgan fingerprint density at radius 3 is 2.27 bits per heavy atom. The molecular formula is C17H17N3O2. The van der Waals surface area contributed by atoms with Gasteiger partial charge in [-0.05, 0) is 18.2 Å². The van der Waals surface area contributed by atoms with Crippen LogP contribution in [0, 0.1) is 10.1 Å². The summed E-state index contributed by atoms with van der Waals surface area (Å²) < 4.78 is 1.85. The number of hydrogen-bond acceptors (Lipinski definition) is 3. The fraction of sp³-hybridized carbons (Fsp3) is 0.235. The molecule has 0 unspecified atom stereocenters. The second-order valence-corrected chi connectivity index (χ2v) is 6.30. The van der Waals surface area contributed by atoms with Crippen molar-refractivity contribution < 1.29 is 4.92 Å². The average molecular weight is 295 g/mol. The lowest BCUT2D eigenvalue weighted by Crippen LogP contribution is -2.13. The monoisotopic (exact) mass is 295 g/mol. The normalized spacial score (nSPS) is 11.8. The van der Waals surface area contributed by atoms with Crippen molar-refractivity contribution in [2.75, 3.05) is 0 Å². The van der Waals surface area contributed by atoms with Gasteiger partial charge in [0, 0.05) is 22.9 Å². The molecule has 0 bridgehead atoms. The molecule has 0 atom stereocenters. The molecule has 0 saturated carbocycles. The third kappa shape index (κ3) is 2.35. The van der Waals surface area contributed by atoms with Crippen LogP contribution in [0.4, 0.5) is 5.69 Å². The van der Waals surface area contributed by atoms with Gasteiger partial charge in [-0.25, -0.2) is 4.68 Å². The molecule has 0 spiro atoms. The molecule has 0 radical (unpaired) electrons. The Balaban J connectivity index is 2.21. The number of aromatic nitrogens is 2. The summed E-state index contributed by atoms with van der Waals surface area (Å²) in [6.45, 7) is 6.38. The van der Waals surface area contributed by atoms with E-state index in [0.29, 0.717) is 0 Å². The van der Waals surface area contributed by atoms with Gasteiger partial charge < -0.3 is 0 Å². The van der Waals surface area contributed by atoms with Gasteiger partial charge in [0.05, 0.1) is 21.8 Å². The zero-order chi connectivity index (χ0) is 15.9. The van der Waals surface area contributed by atoms with Crippen LogP contribution in [0.2, 0.25) is 0 Å². The molecule has 0 fully saturated rings. The molecule has 0 aliphatic rings. The largest absolute Gasteiger partial charge is 0.269 e. The Hall–Kier alpha value is -2.69. The molecule has 2 aromatic carbocycles. The lowest BCUT2D eigenvalue weighted by atomic mass is 9.90. The Labute approximate surface area is 128 Å². The highest BCUT2D eigenvalue weighted by Gasteiger charge is 2.22. The van der Waals surface area contributed by atoms with Crippen molar-refractivity contribution in [3.63, 3.8) is 0 Å². The number of fused-ring (bicyclic) bond motifs is 1. The average Bonchev–Trinajstić information content (AvgIpc) is 2.87. The van der Waals surface area contributed by atoms with Gasteiger partial charge in [0.2, 0.25) is 0 Å². The van der Waals surface area contributed by atoms with Crippen LogP contribution in [0.3, 0.4) is 0 Å².